The van der Waals surface area contributed by atoms with Crippen LogP contribution in [0.1, 0.15) is 5.82 Å². The quantitative estimate of drug-likeness (QED) is 0.315. The van der Waals surface area contributed by atoms with Crippen LogP contribution in [0, 0.1) is 11.6 Å². The van der Waals surface area contributed by atoms with Crippen LogP contribution in [0.3, 0.4) is 0 Å². The molecule has 1 N–H and O–H groups in total. The minimum Gasteiger partial charge on any atom is -0.548 e. The number of carbonyl (C=O) groups is 1. The number of rotatable bonds is 10. The molecule has 0 spiro atoms. The van der Waals surface area contributed by atoms with E-state index in [-0.39, 0.29) is 41.7 Å². The zero-order chi connectivity index (χ0) is 31.5. The number of halogens is 17. The van der Waals surface area contributed by atoms with E-state index in [1.54, 1.807) is 5.32 Å². The zero-order valence-electron chi connectivity index (χ0n) is 18.9. The van der Waals surface area contributed by atoms with Crippen LogP contribution in [-0.4, -0.2) is 58.4 Å². The third-order valence-corrected chi connectivity index (χ3v) is 4.73. The number of carboxylic acid groups (broad SMARTS) is 1. The van der Waals surface area contributed by atoms with Gasteiger partial charge in [0.15, 0.2) is 0 Å². The van der Waals surface area contributed by atoms with E-state index in [4.69, 9.17) is 0 Å². The molecule has 226 valence electrons. The molecule has 0 radical (unpaired) electrons. The molecule has 1 aromatic heterocycles. The summed E-state index contributed by atoms with van der Waals surface area (Å²) < 4.78 is 231. The number of hydrogen-bond acceptors (Lipinski definition) is 6. The maximum absolute atomic E-state index is 14.2. The van der Waals surface area contributed by atoms with Crippen LogP contribution in [0.15, 0.2) is 16.7 Å². The molecule has 1 heterocycles. The maximum Gasteiger partial charge on any atom is 1.00 e. The van der Waals surface area contributed by atoms with Crippen LogP contribution in [0.4, 0.5) is 80.3 Å². The van der Waals surface area contributed by atoms with Crippen LogP contribution in [0.2, 0.25) is 0 Å². The zero-order valence-corrected chi connectivity index (χ0v) is 20.9. The number of benzene rings is 1. The third kappa shape index (κ3) is 5.62. The largest absolute Gasteiger partial charge is 1.00 e. The molecule has 1 aromatic carbocycles. The summed E-state index contributed by atoms with van der Waals surface area (Å²) in [6.45, 7) is -1.20. The minimum atomic E-state index is -8.54. The Labute approximate surface area is 235 Å². The van der Waals surface area contributed by atoms with Gasteiger partial charge in [0.1, 0.15) is 17.3 Å². The molecule has 41 heavy (non-hydrogen) atoms. The number of carbonyl (C=O) groups excluding carboxylic acids is 1. The third-order valence-electron chi connectivity index (χ3n) is 4.73. The SMILES string of the molecule is O=C([O-])CNc1c(F)cc(-c2nc(C(F)(F)C(F)(F)C(F)(F)C(F)(F)C(F)(F)C(F)(F)C(F)(F)F)no2)cc1F.[Na+]. The van der Waals surface area contributed by atoms with Gasteiger partial charge in [-0.2, -0.15) is 70.8 Å². The van der Waals surface area contributed by atoms with Gasteiger partial charge in [-0.1, -0.05) is 5.16 Å². The van der Waals surface area contributed by atoms with Gasteiger partial charge in [0.25, 0.3) is 5.89 Å². The summed E-state index contributed by atoms with van der Waals surface area (Å²) >= 11 is 0. The topological polar surface area (TPSA) is 91.1 Å². The first-order valence-electron chi connectivity index (χ1n) is 9.29. The Morgan fingerprint density at radius 1 is 0.756 bits per heavy atom. The van der Waals surface area contributed by atoms with Gasteiger partial charge >= 0.3 is 71.3 Å². The Balaban J connectivity index is 0.00000840. The summed E-state index contributed by atoms with van der Waals surface area (Å²) in [5.41, 5.74) is -2.41. The van der Waals surface area contributed by atoms with E-state index in [1.165, 1.54) is 0 Å². The molecule has 0 unspecified atom stereocenters. The van der Waals surface area contributed by atoms with Crippen molar-refractivity contribution >= 4 is 11.7 Å². The first kappa shape index (κ1) is 36.5. The van der Waals surface area contributed by atoms with Crippen molar-refractivity contribution in [1.82, 2.24) is 10.1 Å². The summed E-state index contributed by atoms with van der Waals surface area (Å²) in [4.78, 5) is 12.6. The molecule has 0 aliphatic heterocycles. The Morgan fingerprint density at radius 2 is 1.17 bits per heavy atom. The molecule has 0 bridgehead atoms. The Hall–Kier alpha value is -2.56. The molecule has 6 nitrogen and oxygen atoms in total. The molecule has 0 amide bonds. The number of aromatic nitrogens is 2. The number of alkyl halides is 15. The summed E-state index contributed by atoms with van der Waals surface area (Å²) in [6, 6.07) is 0.105. The normalized spacial score (nSPS) is 14.1. The van der Waals surface area contributed by atoms with Crippen molar-refractivity contribution in [2.45, 2.75) is 41.7 Å². The number of anilines is 1. The molecule has 0 aliphatic rings. The molecule has 0 atom stereocenters. The number of aliphatic carboxylic acids is 1. The molecule has 24 heteroatoms. The first-order chi connectivity index (χ1) is 17.7. The van der Waals surface area contributed by atoms with Crippen LogP contribution < -0.4 is 40.0 Å². The number of carboxylic acids is 1. The Morgan fingerprint density at radius 3 is 1.59 bits per heavy atom. The van der Waals surface area contributed by atoms with Crippen LogP contribution in [0.25, 0.3) is 11.5 Å². The standard InChI is InChI=1S/C17H6F17N3O3.Na/c18-5-1-4(2-6(19)8(5)35-3-7(38)39)9-36-10(37-40-9)11(20,21)12(22,23)13(24,25)14(26,27)15(28,29)16(30,31)17(32,33)34;/h1-2,35H,3H2,(H,38,39);/q;+1/p-1. The van der Waals surface area contributed by atoms with Gasteiger partial charge in [0.05, 0.1) is 12.5 Å². The predicted octanol–water partition coefficient (Wildman–Crippen LogP) is 2.01. The van der Waals surface area contributed by atoms with Crippen LogP contribution in [0.5, 0.6) is 0 Å². The van der Waals surface area contributed by atoms with Crippen molar-refractivity contribution < 1.29 is 119 Å². The maximum atomic E-state index is 14.2. The molecule has 0 saturated carbocycles. The van der Waals surface area contributed by atoms with E-state index < -0.39 is 88.8 Å². The van der Waals surface area contributed by atoms with Crippen molar-refractivity contribution in [2.24, 2.45) is 0 Å². The molecule has 2 aromatic rings. The van der Waals surface area contributed by atoms with Gasteiger partial charge in [-0.3, -0.25) is 0 Å². The summed E-state index contributed by atoms with van der Waals surface area (Å²) in [5, 5.41) is 13.9. The van der Waals surface area contributed by atoms with E-state index in [1.807, 2.05) is 5.16 Å². The summed E-state index contributed by atoms with van der Waals surface area (Å²) in [5.74, 6) is -58.8. The fraction of sp³-hybridized carbons (Fsp3) is 0.471. The fourth-order valence-electron chi connectivity index (χ4n) is 2.60. The van der Waals surface area contributed by atoms with Gasteiger partial charge in [-0.15, -0.1) is 0 Å². The predicted molar refractivity (Wildman–Crippen MR) is 87.8 cm³/mol. The van der Waals surface area contributed by atoms with E-state index in [0.29, 0.717) is 0 Å². The second kappa shape index (κ2) is 10.9. The smallest absolute Gasteiger partial charge is 0.548 e. The molecular weight excluding hydrogens is 640 g/mol. The van der Waals surface area contributed by atoms with E-state index in [2.05, 4.69) is 9.51 Å². The van der Waals surface area contributed by atoms with Gasteiger partial charge < -0.3 is 19.7 Å². The monoisotopic (exact) mass is 645 g/mol. The minimum absolute atomic E-state index is 0. The van der Waals surface area contributed by atoms with E-state index in [9.17, 15) is 84.5 Å². The number of hydrogen-bond donors (Lipinski definition) is 1. The first-order valence-corrected chi connectivity index (χ1v) is 9.29. The average Bonchev–Trinajstić information content (AvgIpc) is 3.28. The summed E-state index contributed by atoms with van der Waals surface area (Å²) in [7, 11) is 0. The van der Waals surface area contributed by atoms with Gasteiger partial charge in [-0.25, -0.2) is 8.78 Å². The molecule has 0 fully saturated rings. The van der Waals surface area contributed by atoms with E-state index >= 15 is 0 Å². The second-order valence-electron chi connectivity index (χ2n) is 7.41. The van der Waals surface area contributed by atoms with Crippen molar-refractivity contribution in [2.75, 3.05) is 11.9 Å². The average molecular weight is 645 g/mol. The van der Waals surface area contributed by atoms with Crippen LogP contribution >= 0.6 is 0 Å². The molecule has 0 aliphatic carbocycles. The van der Waals surface area contributed by atoms with Crippen molar-refractivity contribution in [3.63, 3.8) is 0 Å². The van der Waals surface area contributed by atoms with Crippen molar-refractivity contribution in [3.8, 4) is 11.5 Å². The van der Waals surface area contributed by atoms with Gasteiger partial charge in [0.2, 0.25) is 5.82 Å². The van der Waals surface area contributed by atoms with Crippen molar-refractivity contribution in [3.05, 3.63) is 29.6 Å². The fourth-order valence-corrected chi connectivity index (χ4v) is 2.60. The Kier molecular flexibility index (Phi) is 9.72. The van der Waals surface area contributed by atoms with Crippen LogP contribution in [-0.2, 0) is 10.7 Å². The Bertz CT molecular complexity index is 1260. The molecule has 2 rings (SSSR count). The van der Waals surface area contributed by atoms with E-state index in [0.717, 1.165) is 0 Å². The molecule has 0 saturated heterocycles. The summed E-state index contributed by atoms with van der Waals surface area (Å²) in [6.07, 6.45) is -7.77. The second-order valence-corrected chi connectivity index (χ2v) is 7.41. The number of nitrogens with zero attached hydrogens (tertiary/aromatic N) is 2. The number of nitrogens with one attached hydrogen (secondary N) is 1. The van der Waals surface area contributed by atoms with Crippen molar-refractivity contribution in [1.29, 1.82) is 0 Å². The molecular formula is C17H5F17N3NaO3. The van der Waals surface area contributed by atoms with Gasteiger partial charge in [-0.05, 0) is 12.1 Å². The van der Waals surface area contributed by atoms with Gasteiger partial charge in [0, 0.05) is 5.56 Å².